The SMILES string of the molecule is CCOC(=O)Cc1csc(NC(=O)C2CCCCC2)n1. The van der Waals surface area contributed by atoms with Crippen molar-refractivity contribution in [1.82, 2.24) is 4.98 Å². The van der Waals surface area contributed by atoms with Gasteiger partial charge in [-0.2, -0.15) is 0 Å². The van der Waals surface area contributed by atoms with E-state index in [-0.39, 0.29) is 24.2 Å². The Balaban J connectivity index is 1.85. The molecule has 5 nitrogen and oxygen atoms in total. The molecule has 0 unspecified atom stereocenters. The van der Waals surface area contributed by atoms with Gasteiger partial charge in [0.2, 0.25) is 5.91 Å². The molecular formula is C14H20N2O3S. The van der Waals surface area contributed by atoms with Crippen molar-refractivity contribution in [2.24, 2.45) is 5.92 Å². The zero-order valence-corrected chi connectivity index (χ0v) is 12.5. The summed E-state index contributed by atoms with van der Waals surface area (Å²) in [6.07, 6.45) is 5.57. The molecule has 1 heterocycles. The summed E-state index contributed by atoms with van der Waals surface area (Å²) >= 11 is 1.35. The normalized spacial score (nSPS) is 15.8. The standard InChI is InChI=1S/C14H20N2O3S/c1-2-19-12(17)8-11-9-20-14(15-11)16-13(18)10-6-4-3-5-7-10/h9-10H,2-8H2,1H3,(H,15,16,18). The fourth-order valence-electron chi connectivity index (χ4n) is 2.38. The molecule has 0 aromatic carbocycles. The van der Waals surface area contributed by atoms with Crippen LogP contribution in [0.1, 0.15) is 44.7 Å². The molecule has 1 amide bonds. The lowest BCUT2D eigenvalue weighted by Gasteiger charge is -2.19. The number of nitrogens with zero attached hydrogens (tertiary/aromatic N) is 1. The van der Waals surface area contributed by atoms with E-state index in [0.29, 0.717) is 17.4 Å². The molecule has 0 bridgehead atoms. The van der Waals surface area contributed by atoms with E-state index in [1.807, 2.05) is 0 Å². The maximum Gasteiger partial charge on any atom is 0.311 e. The minimum absolute atomic E-state index is 0.0572. The Morgan fingerprint density at radius 1 is 1.40 bits per heavy atom. The van der Waals surface area contributed by atoms with Gasteiger partial charge >= 0.3 is 5.97 Å². The fourth-order valence-corrected chi connectivity index (χ4v) is 3.09. The zero-order chi connectivity index (χ0) is 14.4. The molecule has 1 aromatic heterocycles. The third kappa shape index (κ3) is 4.30. The summed E-state index contributed by atoms with van der Waals surface area (Å²) in [5, 5.41) is 5.21. The highest BCUT2D eigenvalue weighted by molar-refractivity contribution is 7.13. The van der Waals surface area contributed by atoms with E-state index in [2.05, 4.69) is 10.3 Å². The van der Waals surface area contributed by atoms with Crippen LogP contribution in [-0.2, 0) is 20.7 Å². The van der Waals surface area contributed by atoms with Crippen LogP contribution in [0.15, 0.2) is 5.38 Å². The van der Waals surface area contributed by atoms with Crippen LogP contribution in [0, 0.1) is 5.92 Å². The van der Waals surface area contributed by atoms with Crippen LogP contribution in [0.3, 0.4) is 0 Å². The van der Waals surface area contributed by atoms with E-state index in [1.165, 1.54) is 17.8 Å². The van der Waals surface area contributed by atoms with Crippen molar-refractivity contribution in [1.29, 1.82) is 0 Å². The maximum atomic E-state index is 12.1. The zero-order valence-electron chi connectivity index (χ0n) is 11.7. The number of carbonyl (C=O) groups is 2. The molecule has 0 radical (unpaired) electrons. The van der Waals surface area contributed by atoms with Gasteiger partial charge in [0, 0.05) is 11.3 Å². The molecule has 0 atom stereocenters. The summed E-state index contributed by atoms with van der Waals surface area (Å²) in [5.74, 6) is -0.120. The van der Waals surface area contributed by atoms with Gasteiger partial charge in [0.25, 0.3) is 0 Å². The van der Waals surface area contributed by atoms with Gasteiger partial charge in [-0.25, -0.2) is 4.98 Å². The summed E-state index contributed by atoms with van der Waals surface area (Å²) in [4.78, 5) is 27.7. The number of esters is 1. The number of thiazole rings is 1. The summed E-state index contributed by atoms with van der Waals surface area (Å²) in [6.45, 7) is 2.14. The minimum atomic E-state index is -0.289. The summed E-state index contributed by atoms with van der Waals surface area (Å²) in [5.41, 5.74) is 0.646. The molecule has 110 valence electrons. The van der Waals surface area contributed by atoms with E-state index in [4.69, 9.17) is 4.74 Å². The Morgan fingerprint density at radius 3 is 2.85 bits per heavy atom. The highest BCUT2D eigenvalue weighted by Crippen LogP contribution is 2.25. The van der Waals surface area contributed by atoms with Crippen molar-refractivity contribution in [2.75, 3.05) is 11.9 Å². The van der Waals surface area contributed by atoms with Gasteiger partial charge in [-0.15, -0.1) is 11.3 Å². The quantitative estimate of drug-likeness (QED) is 0.848. The number of amides is 1. The third-order valence-corrected chi connectivity index (χ3v) is 4.20. The van der Waals surface area contributed by atoms with E-state index in [0.717, 1.165) is 25.7 Å². The number of hydrogen-bond acceptors (Lipinski definition) is 5. The van der Waals surface area contributed by atoms with Gasteiger partial charge in [-0.3, -0.25) is 9.59 Å². The largest absolute Gasteiger partial charge is 0.466 e. The van der Waals surface area contributed by atoms with Crippen LogP contribution in [0.5, 0.6) is 0 Å². The highest BCUT2D eigenvalue weighted by atomic mass is 32.1. The monoisotopic (exact) mass is 296 g/mol. The van der Waals surface area contributed by atoms with Gasteiger partial charge in [0.1, 0.15) is 0 Å². The molecule has 0 spiro atoms. The Morgan fingerprint density at radius 2 is 2.15 bits per heavy atom. The molecule has 1 aliphatic rings. The molecular weight excluding hydrogens is 276 g/mol. The molecule has 1 fully saturated rings. The van der Waals surface area contributed by atoms with Gasteiger partial charge < -0.3 is 10.1 Å². The molecule has 1 N–H and O–H groups in total. The molecule has 1 aromatic rings. The maximum absolute atomic E-state index is 12.1. The van der Waals surface area contributed by atoms with Crippen molar-refractivity contribution in [3.05, 3.63) is 11.1 Å². The molecule has 1 saturated carbocycles. The van der Waals surface area contributed by atoms with Crippen molar-refractivity contribution in [3.63, 3.8) is 0 Å². The number of hydrogen-bond donors (Lipinski definition) is 1. The van der Waals surface area contributed by atoms with Crippen LogP contribution in [0.4, 0.5) is 5.13 Å². The molecule has 1 aliphatic carbocycles. The van der Waals surface area contributed by atoms with E-state index >= 15 is 0 Å². The Kier molecular flexibility index (Phi) is 5.52. The van der Waals surface area contributed by atoms with E-state index in [9.17, 15) is 9.59 Å². The molecule has 0 saturated heterocycles. The first-order chi connectivity index (χ1) is 9.69. The lowest BCUT2D eigenvalue weighted by Crippen LogP contribution is -2.24. The minimum Gasteiger partial charge on any atom is -0.466 e. The second-order valence-electron chi connectivity index (χ2n) is 4.95. The van der Waals surface area contributed by atoms with Crippen LogP contribution < -0.4 is 5.32 Å². The predicted molar refractivity (Wildman–Crippen MR) is 77.7 cm³/mol. The number of ether oxygens (including phenoxy) is 1. The molecule has 0 aliphatic heterocycles. The van der Waals surface area contributed by atoms with E-state index in [1.54, 1.807) is 12.3 Å². The Labute approximate surface area is 122 Å². The van der Waals surface area contributed by atoms with Crippen LogP contribution in [0.25, 0.3) is 0 Å². The van der Waals surface area contributed by atoms with Crippen molar-refractivity contribution in [2.45, 2.75) is 45.4 Å². The third-order valence-electron chi connectivity index (χ3n) is 3.39. The molecule has 6 heteroatoms. The Hall–Kier alpha value is -1.43. The lowest BCUT2D eigenvalue weighted by atomic mass is 9.89. The van der Waals surface area contributed by atoms with Gasteiger partial charge in [0.15, 0.2) is 5.13 Å². The average Bonchev–Trinajstić information content (AvgIpc) is 2.87. The lowest BCUT2D eigenvalue weighted by molar-refractivity contribution is -0.142. The Bertz CT molecular complexity index is 467. The second kappa shape index (κ2) is 7.38. The topological polar surface area (TPSA) is 68.3 Å². The van der Waals surface area contributed by atoms with Crippen molar-refractivity contribution in [3.8, 4) is 0 Å². The summed E-state index contributed by atoms with van der Waals surface area (Å²) in [7, 11) is 0. The first-order valence-corrected chi connectivity index (χ1v) is 7.98. The van der Waals surface area contributed by atoms with Crippen LogP contribution >= 0.6 is 11.3 Å². The second-order valence-corrected chi connectivity index (χ2v) is 5.81. The first kappa shape index (κ1) is 15.0. The number of nitrogens with one attached hydrogen (secondary N) is 1. The van der Waals surface area contributed by atoms with Gasteiger partial charge in [-0.05, 0) is 19.8 Å². The number of carbonyl (C=O) groups excluding carboxylic acids is 2. The highest BCUT2D eigenvalue weighted by Gasteiger charge is 2.22. The summed E-state index contributed by atoms with van der Waals surface area (Å²) < 4.78 is 4.87. The fraction of sp³-hybridized carbons (Fsp3) is 0.643. The first-order valence-electron chi connectivity index (χ1n) is 7.10. The number of anilines is 1. The number of rotatable bonds is 5. The van der Waals surface area contributed by atoms with Gasteiger partial charge in [0.05, 0.1) is 18.7 Å². The summed E-state index contributed by atoms with van der Waals surface area (Å²) in [6, 6.07) is 0. The van der Waals surface area contributed by atoms with E-state index < -0.39 is 0 Å². The average molecular weight is 296 g/mol. The van der Waals surface area contributed by atoms with Crippen LogP contribution in [0.2, 0.25) is 0 Å². The van der Waals surface area contributed by atoms with Gasteiger partial charge in [-0.1, -0.05) is 19.3 Å². The predicted octanol–water partition coefficient (Wildman–Crippen LogP) is 2.77. The smallest absolute Gasteiger partial charge is 0.311 e. The molecule has 20 heavy (non-hydrogen) atoms. The molecule has 2 rings (SSSR count). The van der Waals surface area contributed by atoms with Crippen molar-refractivity contribution >= 4 is 28.3 Å². The van der Waals surface area contributed by atoms with Crippen molar-refractivity contribution < 1.29 is 14.3 Å². The number of aromatic nitrogens is 1. The van der Waals surface area contributed by atoms with Crippen LogP contribution in [-0.4, -0.2) is 23.5 Å².